The summed E-state index contributed by atoms with van der Waals surface area (Å²) in [5.74, 6) is 0.518. The van der Waals surface area contributed by atoms with Crippen LogP contribution in [-0.2, 0) is 7.05 Å². The molecule has 29 heavy (non-hydrogen) atoms. The molecular weight excluding hydrogens is 368 g/mol. The van der Waals surface area contributed by atoms with Crippen LogP contribution in [0.5, 0.6) is 0 Å². The van der Waals surface area contributed by atoms with Crippen molar-refractivity contribution < 1.29 is 4.79 Å². The van der Waals surface area contributed by atoms with Gasteiger partial charge >= 0.3 is 6.03 Å². The molecule has 2 aromatic rings. The third-order valence-corrected chi connectivity index (χ3v) is 5.90. The molecule has 2 atom stereocenters. The van der Waals surface area contributed by atoms with E-state index < -0.39 is 0 Å². The van der Waals surface area contributed by atoms with Crippen molar-refractivity contribution in [2.45, 2.75) is 31.3 Å². The number of carbonyl (C=O) groups is 1. The van der Waals surface area contributed by atoms with E-state index in [1.807, 2.05) is 24.2 Å². The Kier molecular flexibility index (Phi) is 4.19. The fourth-order valence-corrected chi connectivity index (χ4v) is 4.41. The molecule has 2 aromatic heterocycles. The molecule has 2 bridgehead atoms. The summed E-state index contributed by atoms with van der Waals surface area (Å²) in [4.78, 5) is 25.7. The number of rotatable bonds is 3. The van der Waals surface area contributed by atoms with Gasteiger partial charge in [0.1, 0.15) is 0 Å². The molecule has 9 heteroatoms. The van der Waals surface area contributed by atoms with Gasteiger partial charge in [-0.3, -0.25) is 4.68 Å². The van der Waals surface area contributed by atoms with Gasteiger partial charge in [0.25, 0.3) is 0 Å². The summed E-state index contributed by atoms with van der Waals surface area (Å²) in [5, 5.41) is 16.3. The number of urea groups is 1. The Morgan fingerprint density at radius 2 is 2.21 bits per heavy atom. The lowest BCUT2D eigenvalue weighted by molar-refractivity contribution is 0.0964. The van der Waals surface area contributed by atoms with Gasteiger partial charge in [0, 0.05) is 38.6 Å². The predicted molar refractivity (Wildman–Crippen MR) is 106 cm³/mol. The number of hydrogen-bond donors (Lipinski definition) is 1. The maximum atomic E-state index is 12.9. The van der Waals surface area contributed by atoms with Gasteiger partial charge < -0.3 is 15.1 Å². The van der Waals surface area contributed by atoms with E-state index >= 15 is 0 Å². The van der Waals surface area contributed by atoms with Crippen LogP contribution in [0.1, 0.15) is 25.0 Å². The van der Waals surface area contributed by atoms with Crippen LogP contribution in [0.25, 0.3) is 5.57 Å². The standard InChI is InChI=1S/C20H22N8O/c1-26-12-15(9-23-26)24-19-22-5-4-18(25-19)14-6-16-2-3-17(7-14)28(16)20(29)27-10-13(8-21)11-27/h4-6,9,12-13,16-17H,2-3,7,10-11H2,1H3,(H,22,24,25). The normalized spacial score (nSPS) is 23.4. The van der Waals surface area contributed by atoms with Gasteiger partial charge in [-0.1, -0.05) is 6.08 Å². The van der Waals surface area contributed by atoms with Crippen LogP contribution in [0.2, 0.25) is 0 Å². The van der Waals surface area contributed by atoms with Crippen molar-refractivity contribution in [2.24, 2.45) is 13.0 Å². The SMILES string of the molecule is Cn1cc(Nc2nccc(C3=CC4CCC(C3)N4C(=O)N3CC(C#N)C3)n2)cn1. The van der Waals surface area contributed by atoms with Crippen molar-refractivity contribution in [3.8, 4) is 6.07 Å². The summed E-state index contributed by atoms with van der Waals surface area (Å²) in [5.41, 5.74) is 2.89. The van der Waals surface area contributed by atoms with E-state index in [2.05, 4.69) is 32.5 Å². The Balaban J connectivity index is 1.32. The zero-order valence-electron chi connectivity index (χ0n) is 16.2. The van der Waals surface area contributed by atoms with Gasteiger partial charge in [-0.15, -0.1) is 0 Å². The maximum absolute atomic E-state index is 12.9. The lowest BCUT2D eigenvalue weighted by Crippen LogP contribution is -2.57. The minimum atomic E-state index is -0.0146. The van der Waals surface area contributed by atoms with Crippen LogP contribution >= 0.6 is 0 Å². The van der Waals surface area contributed by atoms with Gasteiger partial charge in [0.2, 0.25) is 5.95 Å². The average Bonchev–Trinajstić information content (AvgIpc) is 3.20. The van der Waals surface area contributed by atoms with E-state index in [1.165, 1.54) is 0 Å². The zero-order valence-corrected chi connectivity index (χ0v) is 16.2. The van der Waals surface area contributed by atoms with Gasteiger partial charge in [-0.2, -0.15) is 10.4 Å². The monoisotopic (exact) mass is 390 g/mol. The largest absolute Gasteiger partial charge is 0.322 e. The van der Waals surface area contributed by atoms with E-state index in [-0.39, 0.29) is 24.0 Å². The van der Waals surface area contributed by atoms with E-state index in [0.717, 1.165) is 36.2 Å². The summed E-state index contributed by atoms with van der Waals surface area (Å²) in [7, 11) is 1.86. The number of amides is 2. The zero-order chi connectivity index (χ0) is 20.0. The quantitative estimate of drug-likeness (QED) is 0.861. The van der Waals surface area contributed by atoms with Gasteiger partial charge in [0.05, 0.1) is 35.6 Å². The third-order valence-electron chi connectivity index (χ3n) is 5.90. The smallest absolute Gasteiger partial charge is 0.320 e. The number of likely N-dealkylation sites (tertiary alicyclic amines) is 1. The molecule has 3 aliphatic heterocycles. The van der Waals surface area contributed by atoms with Crippen molar-refractivity contribution in [3.05, 3.63) is 36.4 Å². The van der Waals surface area contributed by atoms with Crippen LogP contribution in [0.15, 0.2) is 30.7 Å². The molecule has 2 fully saturated rings. The Morgan fingerprint density at radius 1 is 1.34 bits per heavy atom. The molecular formula is C20H22N8O. The molecule has 148 valence electrons. The van der Waals surface area contributed by atoms with Crippen molar-refractivity contribution in [1.82, 2.24) is 29.5 Å². The molecule has 3 aliphatic rings. The second-order valence-electron chi connectivity index (χ2n) is 7.91. The molecule has 0 aliphatic carbocycles. The maximum Gasteiger partial charge on any atom is 0.320 e. The molecule has 2 saturated heterocycles. The first kappa shape index (κ1) is 17.7. The van der Waals surface area contributed by atoms with Gasteiger partial charge in [-0.05, 0) is 30.9 Å². The summed E-state index contributed by atoms with van der Waals surface area (Å²) < 4.78 is 1.72. The van der Waals surface area contributed by atoms with Crippen LogP contribution in [0.3, 0.4) is 0 Å². The fourth-order valence-electron chi connectivity index (χ4n) is 4.41. The molecule has 0 aromatic carbocycles. The lowest BCUT2D eigenvalue weighted by atomic mass is 9.97. The van der Waals surface area contributed by atoms with Crippen LogP contribution in [-0.4, -0.2) is 60.8 Å². The van der Waals surface area contributed by atoms with Gasteiger partial charge in [-0.25, -0.2) is 14.8 Å². The number of carbonyl (C=O) groups excluding carboxylic acids is 1. The lowest BCUT2D eigenvalue weighted by Gasteiger charge is -2.42. The molecule has 2 amide bonds. The topological polar surface area (TPSA) is 103 Å². The minimum absolute atomic E-state index is 0.0146. The van der Waals surface area contributed by atoms with Crippen LogP contribution in [0, 0.1) is 17.2 Å². The highest BCUT2D eigenvalue weighted by Gasteiger charge is 2.44. The molecule has 5 rings (SSSR count). The minimum Gasteiger partial charge on any atom is -0.322 e. The first-order valence-corrected chi connectivity index (χ1v) is 9.87. The molecule has 0 radical (unpaired) electrons. The second kappa shape index (κ2) is 6.88. The Hall–Kier alpha value is -3.41. The Labute approximate surface area is 168 Å². The number of hydrogen-bond acceptors (Lipinski definition) is 6. The average molecular weight is 390 g/mol. The first-order valence-electron chi connectivity index (χ1n) is 9.87. The number of nitrogens with one attached hydrogen (secondary N) is 1. The number of aromatic nitrogens is 4. The Bertz CT molecular complexity index is 1020. The van der Waals surface area contributed by atoms with Crippen molar-refractivity contribution in [2.75, 3.05) is 18.4 Å². The number of aryl methyl sites for hydroxylation is 1. The third kappa shape index (κ3) is 3.20. The molecule has 0 saturated carbocycles. The number of fused-ring (bicyclic) bond motifs is 2. The van der Waals surface area contributed by atoms with Crippen molar-refractivity contribution >= 4 is 23.2 Å². The van der Waals surface area contributed by atoms with Gasteiger partial charge in [0.15, 0.2) is 0 Å². The van der Waals surface area contributed by atoms with E-state index in [0.29, 0.717) is 19.0 Å². The molecule has 5 heterocycles. The number of nitrogens with zero attached hydrogens (tertiary/aromatic N) is 7. The summed E-state index contributed by atoms with van der Waals surface area (Å²) in [6.07, 6.45) is 10.3. The summed E-state index contributed by atoms with van der Waals surface area (Å²) >= 11 is 0. The second-order valence-corrected chi connectivity index (χ2v) is 7.91. The van der Waals surface area contributed by atoms with Crippen molar-refractivity contribution in [1.29, 1.82) is 5.26 Å². The highest BCUT2D eigenvalue weighted by atomic mass is 16.2. The number of anilines is 2. The van der Waals surface area contributed by atoms with Crippen LogP contribution < -0.4 is 5.32 Å². The number of nitriles is 1. The molecule has 0 spiro atoms. The molecule has 1 N–H and O–H groups in total. The fraction of sp³-hybridized carbons (Fsp3) is 0.450. The first-order chi connectivity index (χ1) is 14.1. The summed E-state index contributed by atoms with van der Waals surface area (Å²) in [6, 6.07) is 4.51. The highest BCUT2D eigenvalue weighted by molar-refractivity contribution is 5.79. The van der Waals surface area contributed by atoms with E-state index in [1.54, 1.807) is 22.0 Å². The predicted octanol–water partition coefficient (Wildman–Crippen LogP) is 2.15. The summed E-state index contributed by atoms with van der Waals surface area (Å²) in [6.45, 7) is 1.11. The van der Waals surface area contributed by atoms with E-state index in [9.17, 15) is 4.79 Å². The highest BCUT2D eigenvalue weighted by Crippen LogP contribution is 2.39. The van der Waals surface area contributed by atoms with Crippen LogP contribution in [0.4, 0.5) is 16.4 Å². The van der Waals surface area contributed by atoms with Crippen molar-refractivity contribution in [3.63, 3.8) is 0 Å². The molecule has 2 unspecified atom stereocenters. The van der Waals surface area contributed by atoms with E-state index in [4.69, 9.17) is 5.26 Å². The molecule has 9 nitrogen and oxygen atoms in total. The Morgan fingerprint density at radius 3 is 2.93 bits per heavy atom.